The normalized spacial score (nSPS) is 11.8. The molecule has 1 aromatic carbocycles. The Hall–Kier alpha value is -2.04. The lowest BCUT2D eigenvalue weighted by atomic mass is 9.93. The standard InChI is InChI=1S/C24H41N5O3.HI/c1-8-24(9-2,29-22(31)32-23(4,5)6)17-28-21(26-10-3)27-15-14-18-12-11-13-19(16-18)20(30)25-7;/h11-13,16H,8-10,14-15,17H2,1-7H3,(H,25,30)(H,29,31)(H2,26,27,28);1H. The Labute approximate surface area is 216 Å². The number of nitrogens with zero attached hydrogens (tertiary/aromatic N) is 1. The molecule has 0 unspecified atom stereocenters. The van der Waals surface area contributed by atoms with E-state index in [-0.39, 0.29) is 29.9 Å². The second-order valence-corrected chi connectivity index (χ2v) is 8.77. The molecule has 1 rings (SSSR count). The largest absolute Gasteiger partial charge is 0.444 e. The van der Waals surface area contributed by atoms with E-state index in [0.29, 0.717) is 24.6 Å². The first-order chi connectivity index (χ1) is 15.1. The highest BCUT2D eigenvalue weighted by molar-refractivity contribution is 14.0. The van der Waals surface area contributed by atoms with Crippen molar-refractivity contribution in [3.8, 4) is 0 Å². The lowest BCUT2D eigenvalue weighted by Crippen LogP contribution is -2.52. The third-order valence-electron chi connectivity index (χ3n) is 5.13. The molecule has 1 aromatic rings. The molecule has 0 fully saturated rings. The summed E-state index contributed by atoms with van der Waals surface area (Å²) in [5, 5.41) is 12.3. The van der Waals surface area contributed by atoms with Gasteiger partial charge >= 0.3 is 6.09 Å². The van der Waals surface area contributed by atoms with Gasteiger partial charge in [0, 0.05) is 25.7 Å². The minimum absolute atomic E-state index is 0. The monoisotopic (exact) mass is 575 g/mol. The number of benzene rings is 1. The van der Waals surface area contributed by atoms with Crippen LogP contribution in [-0.4, -0.2) is 55.8 Å². The second kappa shape index (κ2) is 15.0. The molecule has 0 aliphatic heterocycles. The number of hydrogen-bond acceptors (Lipinski definition) is 4. The summed E-state index contributed by atoms with van der Waals surface area (Å²) in [4.78, 5) is 28.9. The molecule has 0 bridgehead atoms. The van der Waals surface area contributed by atoms with Crippen molar-refractivity contribution in [3.05, 3.63) is 35.4 Å². The predicted molar refractivity (Wildman–Crippen MR) is 146 cm³/mol. The number of aliphatic imine (C=N–C) groups is 1. The minimum Gasteiger partial charge on any atom is -0.444 e. The summed E-state index contributed by atoms with van der Waals surface area (Å²) in [5.74, 6) is 0.592. The quantitative estimate of drug-likeness (QED) is 0.193. The summed E-state index contributed by atoms with van der Waals surface area (Å²) in [5.41, 5.74) is 0.686. The highest BCUT2D eigenvalue weighted by atomic mass is 127. The Morgan fingerprint density at radius 2 is 1.73 bits per heavy atom. The van der Waals surface area contributed by atoms with Gasteiger partial charge in [0.15, 0.2) is 5.96 Å². The molecule has 0 atom stereocenters. The van der Waals surface area contributed by atoms with Crippen molar-refractivity contribution in [2.45, 2.75) is 71.9 Å². The van der Waals surface area contributed by atoms with Gasteiger partial charge in [-0.25, -0.2) is 4.79 Å². The first kappa shape index (κ1) is 31.0. The third kappa shape index (κ3) is 11.6. The first-order valence-electron chi connectivity index (χ1n) is 11.4. The maximum absolute atomic E-state index is 12.3. The molecule has 188 valence electrons. The van der Waals surface area contributed by atoms with E-state index in [2.05, 4.69) is 21.3 Å². The molecule has 0 aliphatic carbocycles. The smallest absolute Gasteiger partial charge is 0.408 e. The fraction of sp³-hybridized carbons (Fsp3) is 0.625. The van der Waals surface area contributed by atoms with Crippen LogP contribution in [0.2, 0.25) is 0 Å². The summed E-state index contributed by atoms with van der Waals surface area (Å²) < 4.78 is 5.44. The molecule has 4 N–H and O–H groups in total. The van der Waals surface area contributed by atoms with Gasteiger partial charge in [0.05, 0.1) is 12.1 Å². The first-order valence-corrected chi connectivity index (χ1v) is 11.4. The highest BCUT2D eigenvalue weighted by Crippen LogP contribution is 2.17. The molecule has 0 spiro atoms. The SMILES string of the molecule is CCNC(=NCC(CC)(CC)NC(=O)OC(C)(C)C)NCCc1cccc(C(=O)NC)c1.I. The lowest BCUT2D eigenvalue weighted by Gasteiger charge is -2.32. The number of nitrogens with one attached hydrogen (secondary N) is 4. The molecule has 0 aliphatic rings. The van der Waals surface area contributed by atoms with Gasteiger partial charge in [0.1, 0.15) is 5.60 Å². The van der Waals surface area contributed by atoms with E-state index in [9.17, 15) is 9.59 Å². The van der Waals surface area contributed by atoms with Crippen molar-refractivity contribution in [1.82, 2.24) is 21.3 Å². The van der Waals surface area contributed by atoms with Gasteiger partial charge in [0.2, 0.25) is 0 Å². The van der Waals surface area contributed by atoms with E-state index in [1.54, 1.807) is 13.1 Å². The second-order valence-electron chi connectivity index (χ2n) is 8.77. The van der Waals surface area contributed by atoms with Crippen LogP contribution in [0.5, 0.6) is 0 Å². The molecule has 0 heterocycles. The summed E-state index contributed by atoms with van der Waals surface area (Å²) in [6.07, 6.45) is 1.79. The molecular formula is C24H42IN5O3. The number of alkyl carbamates (subject to hydrolysis) is 1. The van der Waals surface area contributed by atoms with Crippen molar-refractivity contribution in [2.75, 3.05) is 26.7 Å². The van der Waals surface area contributed by atoms with Crippen molar-refractivity contribution in [2.24, 2.45) is 4.99 Å². The van der Waals surface area contributed by atoms with Crippen molar-refractivity contribution in [1.29, 1.82) is 0 Å². The number of ether oxygens (including phenoxy) is 1. The van der Waals surface area contributed by atoms with Crippen LogP contribution in [-0.2, 0) is 11.2 Å². The molecule has 0 saturated carbocycles. The number of carbonyl (C=O) groups is 2. The Balaban J connectivity index is 0.0000102. The van der Waals surface area contributed by atoms with Gasteiger partial charge in [0.25, 0.3) is 5.91 Å². The van der Waals surface area contributed by atoms with Crippen LogP contribution >= 0.6 is 24.0 Å². The number of halogens is 1. The van der Waals surface area contributed by atoms with Gasteiger partial charge in [-0.1, -0.05) is 26.0 Å². The average Bonchev–Trinajstić information content (AvgIpc) is 2.74. The minimum atomic E-state index is -0.549. The fourth-order valence-corrected chi connectivity index (χ4v) is 3.12. The maximum Gasteiger partial charge on any atom is 0.408 e. The lowest BCUT2D eigenvalue weighted by molar-refractivity contribution is 0.0451. The molecule has 33 heavy (non-hydrogen) atoms. The Bertz CT molecular complexity index is 774. The van der Waals surface area contributed by atoms with E-state index in [0.717, 1.165) is 31.4 Å². The van der Waals surface area contributed by atoms with Gasteiger partial charge < -0.3 is 26.0 Å². The zero-order chi connectivity index (χ0) is 24.2. The number of rotatable bonds is 10. The summed E-state index contributed by atoms with van der Waals surface area (Å²) in [7, 11) is 1.63. The van der Waals surface area contributed by atoms with Gasteiger partial charge in [-0.05, 0) is 64.7 Å². The van der Waals surface area contributed by atoms with Crippen molar-refractivity contribution in [3.63, 3.8) is 0 Å². The van der Waals surface area contributed by atoms with Crippen LogP contribution in [0.15, 0.2) is 29.3 Å². The summed E-state index contributed by atoms with van der Waals surface area (Å²) in [6.45, 7) is 13.4. The molecule has 8 nitrogen and oxygen atoms in total. The van der Waals surface area contributed by atoms with Crippen molar-refractivity contribution >= 4 is 41.9 Å². The van der Waals surface area contributed by atoms with Crippen LogP contribution < -0.4 is 21.3 Å². The van der Waals surface area contributed by atoms with E-state index in [1.165, 1.54) is 0 Å². The molecule has 0 saturated heterocycles. The fourth-order valence-electron chi connectivity index (χ4n) is 3.12. The van der Waals surface area contributed by atoms with E-state index < -0.39 is 17.2 Å². The third-order valence-corrected chi connectivity index (χ3v) is 5.13. The zero-order valence-electron chi connectivity index (χ0n) is 21.1. The average molecular weight is 576 g/mol. The van der Waals surface area contributed by atoms with Crippen LogP contribution in [0.4, 0.5) is 4.79 Å². The molecular weight excluding hydrogens is 533 g/mol. The summed E-state index contributed by atoms with van der Waals surface area (Å²) in [6, 6.07) is 7.59. The van der Waals surface area contributed by atoms with Crippen LogP contribution in [0.3, 0.4) is 0 Å². The van der Waals surface area contributed by atoms with Crippen LogP contribution in [0.25, 0.3) is 0 Å². The molecule has 0 aromatic heterocycles. The highest BCUT2D eigenvalue weighted by Gasteiger charge is 2.30. The Morgan fingerprint density at radius 3 is 2.27 bits per heavy atom. The summed E-state index contributed by atoms with van der Waals surface area (Å²) >= 11 is 0. The predicted octanol–water partition coefficient (Wildman–Crippen LogP) is 3.85. The molecule has 2 amide bonds. The number of carbonyl (C=O) groups excluding carboxylic acids is 2. The number of hydrogen-bond donors (Lipinski definition) is 4. The van der Waals surface area contributed by atoms with Gasteiger partial charge in [-0.2, -0.15) is 0 Å². The Kier molecular flexibility index (Phi) is 14.1. The molecule has 9 heteroatoms. The number of amides is 2. The van der Waals surface area contributed by atoms with Gasteiger partial charge in [-0.3, -0.25) is 9.79 Å². The van der Waals surface area contributed by atoms with E-state index >= 15 is 0 Å². The van der Waals surface area contributed by atoms with Crippen LogP contribution in [0.1, 0.15) is 70.3 Å². The van der Waals surface area contributed by atoms with E-state index in [4.69, 9.17) is 9.73 Å². The zero-order valence-corrected chi connectivity index (χ0v) is 23.5. The maximum atomic E-state index is 12.3. The Morgan fingerprint density at radius 1 is 1.06 bits per heavy atom. The van der Waals surface area contributed by atoms with E-state index in [1.807, 2.05) is 59.7 Å². The number of guanidine groups is 1. The van der Waals surface area contributed by atoms with Crippen LogP contribution in [0, 0.1) is 0 Å². The topological polar surface area (TPSA) is 104 Å². The van der Waals surface area contributed by atoms with Crippen molar-refractivity contribution < 1.29 is 14.3 Å². The van der Waals surface area contributed by atoms with Gasteiger partial charge in [-0.15, -0.1) is 24.0 Å². The molecule has 0 radical (unpaired) electrons.